The van der Waals surface area contributed by atoms with Crippen LogP contribution >= 0.6 is 0 Å². The third-order valence-electron chi connectivity index (χ3n) is 5.53. The molecule has 2 amide bonds. The van der Waals surface area contributed by atoms with Crippen LogP contribution in [0.1, 0.15) is 23.6 Å². The van der Waals surface area contributed by atoms with Gasteiger partial charge in [-0.3, -0.25) is 14.6 Å². The third kappa shape index (κ3) is 3.23. The molecule has 2 heterocycles. The highest BCUT2D eigenvalue weighted by molar-refractivity contribution is 5.94. The van der Waals surface area contributed by atoms with Gasteiger partial charge in [0.1, 0.15) is 5.82 Å². The average Bonchev–Trinajstić information content (AvgIpc) is 3.33. The first-order valence-electron chi connectivity index (χ1n) is 9.89. The van der Waals surface area contributed by atoms with Gasteiger partial charge < -0.3 is 21.8 Å². The summed E-state index contributed by atoms with van der Waals surface area (Å²) < 4.78 is 0. The van der Waals surface area contributed by atoms with Crippen LogP contribution < -0.4 is 16.8 Å². The van der Waals surface area contributed by atoms with Crippen LogP contribution in [0.4, 0.5) is 0 Å². The Bertz CT molecular complexity index is 1300. The van der Waals surface area contributed by atoms with Crippen molar-refractivity contribution in [3.8, 4) is 22.5 Å². The molecule has 0 saturated heterocycles. The minimum Gasteiger partial charge on any atom is -0.370 e. The van der Waals surface area contributed by atoms with Gasteiger partial charge in [0.2, 0.25) is 11.8 Å². The van der Waals surface area contributed by atoms with Gasteiger partial charge in [-0.05, 0) is 28.3 Å². The number of pyridine rings is 1. The van der Waals surface area contributed by atoms with E-state index in [9.17, 15) is 9.59 Å². The van der Waals surface area contributed by atoms with Crippen molar-refractivity contribution >= 4 is 22.8 Å². The molecule has 1 aliphatic rings. The zero-order chi connectivity index (χ0) is 21.5. The predicted molar refractivity (Wildman–Crippen MR) is 117 cm³/mol. The lowest BCUT2D eigenvalue weighted by Crippen LogP contribution is -2.44. The third-order valence-corrected chi connectivity index (χ3v) is 5.53. The van der Waals surface area contributed by atoms with Gasteiger partial charge in [-0.25, -0.2) is 4.98 Å². The fourth-order valence-electron chi connectivity index (χ4n) is 4.15. The van der Waals surface area contributed by atoms with Crippen LogP contribution in [0.5, 0.6) is 0 Å². The standard InChI is InChI=1S/C23H20N6O2/c24-16(10-19(25)30)23(31)29-21-13-5-2-1-4-12(13)20-14(21)6-3-7-15(20)22-27-17-8-9-26-11-18(17)28-22/h1-9,11,16,21H,10,24H2,(H2,25,30)(H,27,28)(H,29,31)/t16-,21-/m1/s1. The van der Waals surface area contributed by atoms with Gasteiger partial charge in [-0.2, -0.15) is 0 Å². The van der Waals surface area contributed by atoms with E-state index in [1.54, 1.807) is 12.4 Å². The number of amides is 2. The zero-order valence-electron chi connectivity index (χ0n) is 16.5. The van der Waals surface area contributed by atoms with E-state index in [0.29, 0.717) is 0 Å². The fourth-order valence-corrected chi connectivity index (χ4v) is 4.15. The van der Waals surface area contributed by atoms with Crippen molar-refractivity contribution in [1.29, 1.82) is 0 Å². The summed E-state index contributed by atoms with van der Waals surface area (Å²) in [5.41, 5.74) is 17.6. The molecule has 31 heavy (non-hydrogen) atoms. The molecule has 0 radical (unpaired) electrons. The molecule has 8 nitrogen and oxygen atoms in total. The number of hydrogen-bond donors (Lipinski definition) is 4. The van der Waals surface area contributed by atoms with Crippen molar-refractivity contribution in [2.24, 2.45) is 11.5 Å². The van der Waals surface area contributed by atoms with E-state index >= 15 is 0 Å². The molecule has 0 spiro atoms. The number of nitrogens with two attached hydrogens (primary N) is 2. The van der Waals surface area contributed by atoms with E-state index < -0.39 is 17.9 Å². The summed E-state index contributed by atoms with van der Waals surface area (Å²) in [6.45, 7) is 0. The number of nitrogens with zero attached hydrogens (tertiary/aromatic N) is 2. The van der Waals surface area contributed by atoms with Gasteiger partial charge in [-0.1, -0.05) is 42.5 Å². The minimum atomic E-state index is -1.00. The first-order chi connectivity index (χ1) is 15.0. The van der Waals surface area contributed by atoms with E-state index in [4.69, 9.17) is 16.5 Å². The number of carbonyl (C=O) groups is 2. The second kappa shape index (κ2) is 7.33. The molecule has 0 saturated carbocycles. The lowest BCUT2D eigenvalue weighted by Gasteiger charge is -2.18. The summed E-state index contributed by atoms with van der Waals surface area (Å²) in [5.74, 6) is -0.310. The van der Waals surface area contributed by atoms with Crippen molar-refractivity contribution in [3.05, 3.63) is 72.1 Å². The van der Waals surface area contributed by atoms with Gasteiger partial charge in [0, 0.05) is 11.8 Å². The topological polar surface area (TPSA) is 140 Å². The smallest absolute Gasteiger partial charge is 0.238 e. The van der Waals surface area contributed by atoms with E-state index in [-0.39, 0.29) is 12.5 Å². The molecule has 0 bridgehead atoms. The Labute approximate surface area is 177 Å². The van der Waals surface area contributed by atoms with E-state index in [2.05, 4.69) is 15.3 Å². The van der Waals surface area contributed by atoms with Gasteiger partial charge in [0.25, 0.3) is 0 Å². The number of aromatic nitrogens is 3. The molecule has 2 aromatic heterocycles. The van der Waals surface area contributed by atoms with Crippen molar-refractivity contribution in [1.82, 2.24) is 20.3 Å². The maximum absolute atomic E-state index is 12.7. The van der Waals surface area contributed by atoms with Gasteiger partial charge in [-0.15, -0.1) is 0 Å². The number of primary amides is 1. The average molecular weight is 412 g/mol. The Morgan fingerprint density at radius 3 is 2.65 bits per heavy atom. The molecule has 0 aliphatic heterocycles. The lowest BCUT2D eigenvalue weighted by atomic mass is 9.98. The molecule has 8 heteroatoms. The highest BCUT2D eigenvalue weighted by atomic mass is 16.2. The van der Waals surface area contributed by atoms with Crippen LogP contribution in [-0.2, 0) is 9.59 Å². The van der Waals surface area contributed by atoms with Crippen LogP contribution in [0.3, 0.4) is 0 Å². The summed E-state index contributed by atoms with van der Waals surface area (Å²) in [5, 5.41) is 2.99. The number of carbonyl (C=O) groups excluding carboxylic acids is 2. The molecule has 0 fully saturated rings. The molecule has 6 N–H and O–H groups in total. The first-order valence-corrected chi connectivity index (χ1v) is 9.89. The summed E-state index contributed by atoms with van der Waals surface area (Å²) >= 11 is 0. The Morgan fingerprint density at radius 1 is 1.06 bits per heavy atom. The highest BCUT2D eigenvalue weighted by Gasteiger charge is 2.33. The molecule has 2 atom stereocenters. The number of H-pyrrole nitrogens is 1. The molecular formula is C23H20N6O2. The Morgan fingerprint density at radius 2 is 1.84 bits per heavy atom. The van der Waals surface area contributed by atoms with Gasteiger partial charge >= 0.3 is 0 Å². The SMILES string of the molecule is NC(=O)C[C@@H](N)C(=O)N[C@@H]1c2ccccc2-c2c(-c3nc4ccncc4[nH]3)cccc21. The normalized spacial score (nSPS) is 15.3. The Balaban J connectivity index is 1.60. The summed E-state index contributed by atoms with van der Waals surface area (Å²) in [4.78, 5) is 36.0. The largest absolute Gasteiger partial charge is 0.370 e. The van der Waals surface area contributed by atoms with E-state index in [0.717, 1.165) is 44.7 Å². The highest BCUT2D eigenvalue weighted by Crippen LogP contribution is 2.47. The molecule has 1 aliphatic carbocycles. The Hall–Kier alpha value is -4.04. The minimum absolute atomic E-state index is 0.208. The number of hydrogen-bond acceptors (Lipinski definition) is 5. The van der Waals surface area contributed by atoms with Crippen LogP contribution in [0.15, 0.2) is 60.9 Å². The van der Waals surface area contributed by atoms with Crippen LogP contribution in [-0.4, -0.2) is 32.8 Å². The zero-order valence-corrected chi connectivity index (χ0v) is 16.5. The fraction of sp³-hybridized carbons (Fsp3) is 0.130. The second-order valence-corrected chi connectivity index (χ2v) is 7.55. The van der Waals surface area contributed by atoms with Crippen LogP contribution in [0.2, 0.25) is 0 Å². The summed E-state index contributed by atoms with van der Waals surface area (Å²) in [6.07, 6.45) is 3.24. The molecule has 0 unspecified atom stereocenters. The quantitative estimate of drug-likeness (QED) is 0.397. The van der Waals surface area contributed by atoms with Crippen molar-refractivity contribution in [2.75, 3.05) is 0 Å². The Kier molecular flexibility index (Phi) is 4.48. The second-order valence-electron chi connectivity index (χ2n) is 7.55. The van der Waals surface area contributed by atoms with E-state index in [1.165, 1.54) is 0 Å². The summed E-state index contributed by atoms with van der Waals surface area (Å²) in [6, 6.07) is 14.3. The van der Waals surface area contributed by atoms with Gasteiger partial charge in [0.05, 0.1) is 35.7 Å². The number of rotatable bonds is 5. The maximum Gasteiger partial charge on any atom is 0.238 e. The summed E-state index contributed by atoms with van der Waals surface area (Å²) in [7, 11) is 0. The van der Waals surface area contributed by atoms with Crippen LogP contribution in [0, 0.1) is 0 Å². The van der Waals surface area contributed by atoms with Crippen molar-refractivity contribution in [2.45, 2.75) is 18.5 Å². The molecular weight excluding hydrogens is 392 g/mol. The van der Waals surface area contributed by atoms with Crippen molar-refractivity contribution < 1.29 is 9.59 Å². The number of nitrogens with one attached hydrogen (secondary N) is 2. The molecule has 154 valence electrons. The lowest BCUT2D eigenvalue weighted by molar-refractivity contribution is -0.126. The molecule has 2 aromatic carbocycles. The number of aromatic amines is 1. The first kappa shape index (κ1) is 19.0. The maximum atomic E-state index is 12.7. The number of fused-ring (bicyclic) bond motifs is 4. The van der Waals surface area contributed by atoms with Crippen LogP contribution in [0.25, 0.3) is 33.5 Å². The van der Waals surface area contributed by atoms with E-state index in [1.807, 2.05) is 48.5 Å². The number of benzene rings is 2. The number of imidazole rings is 1. The monoisotopic (exact) mass is 412 g/mol. The van der Waals surface area contributed by atoms with Gasteiger partial charge in [0.15, 0.2) is 0 Å². The predicted octanol–water partition coefficient (Wildman–Crippen LogP) is 2.01. The molecule has 5 rings (SSSR count). The molecule has 4 aromatic rings. The van der Waals surface area contributed by atoms with Crippen molar-refractivity contribution in [3.63, 3.8) is 0 Å².